The molecule has 2 heterocycles. The zero-order valence-corrected chi connectivity index (χ0v) is 20.7. The van der Waals surface area contributed by atoms with Crippen LogP contribution in [0.15, 0.2) is 30.5 Å². The fourth-order valence-corrected chi connectivity index (χ4v) is 5.97. The Morgan fingerprint density at radius 3 is 2.54 bits per heavy atom. The molecule has 0 spiro atoms. The summed E-state index contributed by atoms with van der Waals surface area (Å²) in [5.74, 6) is -1.57. The van der Waals surface area contributed by atoms with Gasteiger partial charge in [-0.3, -0.25) is 14.4 Å². The van der Waals surface area contributed by atoms with E-state index in [0.29, 0.717) is 0 Å². The number of benzene rings is 1. The summed E-state index contributed by atoms with van der Waals surface area (Å²) >= 11 is 0. The molecule has 0 bridgehead atoms. The quantitative estimate of drug-likeness (QED) is 0.510. The summed E-state index contributed by atoms with van der Waals surface area (Å²) in [4.78, 5) is 43.7. The number of nitrogens with zero attached hydrogens (tertiary/aromatic N) is 2. The van der Waals surface area contributed by atoms with Crippen molar-refractivity contribution in [3.8, 4) is 0 Å². The molecule has 2 unspecified atom stereocenters. The van der Waals surface area contributed by atoms with Crippen molar-refractivity contribution in [2.75, 3.05) is 25.9 Å². The first-order valence-corrected chi connectivity index (χ1v) is 13.9. The number of piperazine rings is 1. The summed E-state index contributed by atoms with van der Waals surface area (Å²) in [6, 6.07) is 5.56. The molecule has 1 saturated heterocycles. The van der Waals surface area contributed by atoms with E-state index in [1.807, 2.05) is 24.3 Å². The van der Waals surface area contributed by atoms with Crippen molar-refractivity contribution < 1.29 is 22.8 Å². The number of hydrogen-bond acceptors (Lipinski definition) is 5. The zero-order chi connectivity index (χ0) is 25.2. The third-order valence-corrected chi connectivity index (χ3v) is 8.38. The summed E-state index contributed by atoms with van der Waals surface area (Å²) in [5, 5.41) is 3.63. The Labute approximate surface area is 205 Å². The average molecular weight is 504 g/mol. The number of aromatic nitrogens is 1. The number of para-hydroxylation sites is 1. The molecular formula is C24H33N5O5S. The highest BCUT2D eigenvalue weighted by Crippen LogP contribution is 2.27. The number of H-pyrrole nitrogens is 1. The first-order valence-electron chi connectivity index (χ1n) is 12.1. The zero-order valence-electron chi connectivity index (χ0n) is 19.9. The predicted molar refractivity (Wildman–Crippen MR) is 132 cm³/mol. The third kappa shape index (κ3) is 5.67. The first kappa shape index (κ1) is 25.2. The molecule has 1 aromatic heterocycles. The summed E-state index contributed by atoms with van der Waals surface area (Å²) in [6.45, 7) is 0.113. The van der Waals surface area contributed by atoms with Crippen LogP contribution in [0.25, 0.3) is 10.9 Å². The molecule has 1 saturated carbocycles. The van der Waals surface area contributed by atoms with Gasteiger partial charge in [-0.1, -0.05) is 37.5 Å². The molecule has 3 amide bonds. The molecule has 4 rings (SSSR count). The molecule has 2 fully saturated rings. The molecule has 1 aliphatic heterocycles. The minimum Gasteiger partial charge on any atom is -0.368 e. The van der Waals surface area contributed by atoms with Crippen molar-refractivity contribution in [2.45, 2.75) is 50.6 Å². The Morgan fingerprint density at radius 1 is 1.14 bits per heavy atom. The minimum absolute atomic E-state index is 0.120. The molecule has 2 aliphatic rings. The van der Waals surface area contributed by atoms with Crippen LogP contribution in [-0.4, -0.2) is 78.3 Å². The monoisotopic (exact) mass is 503 g/mol. The highest BCUT2D eigenvalue weighted by molar-refractivity contribution is 7.88. The van der Waals surface area contributed by atoms with Crippen LogP contribution in [0.5, 0.6) is 0 Å². The summed E-state index contributed by atoms with van der Waals surface area (Å²) in [5.41, 5.74) is 7.35. The molecule has 4 N–H and O–H groups in total. The number of fused-ring (bicyclic) bond motifs is 1. The van der Waals surface area contributed by atoms with E-state index in [9.17, 15) is 22.8 Å². The number of sulfonamides is 1. The van der Waals surface area contributed by atoms with Gasteiger partial charge in [0, 0.05) is 49.1 Å². The molecule has 10 nitrogen and oxygen atoms in total. The van der Waals surface area contributed by atoms with Gasteiger partial charge < -0.3 is 20.9 Å². The maximum absolute atomic E-state index is 13.4. The lowest BCUT2D eigenvalue weighted by atomic mass is 9.87. The second-order valence-corrected chi connectivity index (χ2v) is 11.5. The van der Waals surface area contributed by atoms with Gasteiger partial charge in [-0.2, -0.15) is 4.31 Å². The molecule has 1 aromatic carbocycles. The fraction of sp³-hybridized carbons (Fsp3) is 0.542. The van der Waals surface area contributed by atoms with Gasteiger partial charge in [-0.25, -0.2) is 8.42 Å². The van der Waals surface area contributed by atoms with E-state index in [2.05, 4.69) is 10.3 Å². The maximum atomic E-state index is 13.4. The SMILES string of the molecule is CS(=O)(=O)N1CCN(C(=O)C2CCCCC2)C(C(=O)NC(Cc2c[nH]c3ccccc23)C(N)=O)C1. The van der Waals surface area contributed by atoms with Crippen LogP contribution in [-0.2, 0) is 30.8 Å². The average Bonchev–Trinajstić information content (AvgIpc) is 3.25. The van der Waals surface area contributed by atoms with Gasteiger partial charge >= 0.3 is 0 Å². The van der Waals surface area contributed by atoms with Crippen LogP contribution < -0.4 is 11.1 Å². The van der Waals surface area contributed by atoms with Crippen molar-refractivity contribution in [2.24, 2.45) is 11.7 Å². The van der Waals surface area contributed by atoms with Crippen LogP contribution in [0.2, 0.25) is 0 Å². The second kappa shape index (κ2) is 10.4. The highest BCUT2D eigenvalue weighted by Gasteiger charge is 2.41. The molecule has 11 heteroatoms. The van der Waals surface area contributed by atoms with E-state index in [-0.39, 0.29) is 37.9 Å². The van der Waals surface area contributed by atoms with Crippen molar-refractivity contribution in [1.29, 1.82) is 0 Å². The van der Waals surface area contributed by atoms with E-state index in [1.54, 1.807) is 6.20 Å². The largest absolute Gasteiger partial charge is 0.368 e. The van der Waals surface area contributed by atoms with Crippen molar-refractivity contribution >= 4 is 38.6 Å². The Balaban J connectivity index is 1.55. The van der Waals surface area contributed by atoms with E-state index in [1.165, 1.54) is 9.21 Å². The molecule has 190 valence electrons. The van der Waals surface area contributed by atoms with E-state index in [0.717, 1.165) is 54.8 Å². The second-order valence-electron chi connectivity index (χ2n) is 9.53. The van der Waals surface area contributed by atoms with Crippen LogP contribution in [0.3, 0.4) is 0 Å². The number of rotatable bonds is 7. The standard InChI is InChI=1S/C24H33N5O5S/c1-35(33,34)28-11-12-29(24(32)16-7-3-2-4-8-16)21(15-28)23(31)27-20(22(25)30)13-17-14-26-19-10-6-5-9-18(17)19/h5-6,9-10,14,16,20-21,26H,2-4,7-8,11-13,15H2,1H3,(H2,25,30)(H,27,31). The smallest absolute Gasteiger partial charge is 0.244 e. The van der Waals surface area contributed by atoms with Gasteiger partial charge in [-0.05, 0) is 24.5 Å². The number of carbonyl (C=O) groups is 3. The number of hydrogen-bond donors (Lipinski definition) is 3. The van der Waals surface area contributed by atoms with Gasteiger partial charge in [0.25, 0.3) is 0 Å². The molecular weight excluding hydrogens is 470 g/mol. The summed E-state index contributed by atoms with van der Waals surface area (Å²) in [6.07, 6.45) is 7.58. The van der Waals surface area contributed by atoms with Crippen LogP contribution in [0, 0.1) is 5.92 Å². The van der Waals surface area contributed by atoms with Gasteiger partial charge in [0.05, 0.1) is 6.26 Å². The van der Waals surface area contributed by atoms with Gasteiger partial charge in [0.1, 0.15) is 12.1 Å². The molecule has 1 aliphatic carbocycles. The van der Waals surface area contributed by atoms with Gasteiger partial charge in [0.15, 0.2) is 0 Å². The third-order valence-electron chi connectivity index (χ3n) is 7.11. The highest BCUT2D eigenvalue weighted by atomic mass is 32.2. The Morgan fingerprint density at radius 2 is 1.86 bits per heavy atom. The number of carbonyl (C=O) groups excluding carboxylic acids is 3. The molecule has 35 heavy (non-hydrogen) atoms. The predicted octanol–water partition coefficient (Wildman–Crippen LogP) is 0.733. The fourth-order valence-electron chi connectivity index (χ4n) is 5.14. The van der Waals surface area contributed by atoms with E-state index < -0.39 is 33.9 Å². The number of primary amides is 1. The number of nitrogens with two attached hydrogens (primary N) is 1. The Kier molecular flexibility index (Phi) is 7.46. The van der Waals surface area contributed by atoms with E-state index >= 15 is 0 Å². The first-order chi connectivity index (χ1) is 16.6. The maximum Gasteiger partial charge on any atom is 0.244 e. The van der Waals surface area contributed by atoms with Crippen molar-refractivity contribution in [3.05, 3.63) is 36.0 Å². The molecule has 2 atom stereocenters. The lowest BCUT2D eigenvalue weighted by Gasteiger charge is -2.41. The Hall–Kier alpha value is -2.92. The van der Waals surface area contributed by atoms with Crippen LogP contribution in [0.1, 0.15) is 37.7 Å². The van der Waals surface area contributed by atoms with Crippen molar-refractivity contribution in [3.63, 3.8) is 0 Å². The lowest BCUT2D eigenvalue weighted by molar-refractivity contribution is -0.147. The minimum atomic E-state index is -3.56. The van der Waals surface area contributed by atoms with Crippen molar-refractivity contribution in [1.82, 2.24) is 19.5 Å². The Bertz CT molecular complexity index is 1200. The number of aromatic amines is 1. The summed E-state index contributed by atoms with van der Waals surface area (Å²) in [7, 11) is -3.56. The molecule has 2 aromatic rings. The summed E-state index contributed by atoms with van der Waals surface area (Å²) < 4.78 is 25.6. The number of nitrogens with one attached hydrogen (secondary N) is 2. The van der Waals surface area contributed by atoms with Crippen LogP contribution in [0.4, 0.5) is 0 Å². The van der Waals surface area contributed by atoms with Gasteiger partial charge in [-0.15, -0.1) is 0 Å². The van der Waals surface area contributed by atoms with Gasteiger partial charge in [0.2, 0.25) is 27.7 Å². The topological polar surface area (TPSA) is 146 Å². The number of amides is 3. The van der Waals surface area contributed by atoms with E-state index in [4.69, 9.17) is 5.73 Å². The van der Waals surface area contributed by atoms with Crippen LogP contribution >= 0.6 is 0 Å². The lowest BCUT2D eigenvalue weighted by Crippen LogP contribution is -2.63. The molecule has 0 radical (unpaired) electrons. The normalized spacial score (nSPS) is 21.1.